The highest BCUT2D eigenvalue weighted by atomic mass is 16.4. The van der Waals surface area contributed by atoms with Gasteiger partial charge >= 0.3 is 5.97 Å². The highest BCUT2D eigenvalue weighted by Gasteiger charge is 2.11. The zero-order valence-corrected chi connectivity index (χ0v) is 11.0. The van der Waals surface area contributed by atoms with Crippen LogP contribution in [0.2, 0.25) is 0 Å². The minimum atomic E-state index is -1.05. The minimum Gasteiger partial charge on any atom is -0.477 e. The van der Waals surface area contributed by atoms with Gasteiger partial charge in [0.2, 0.25) is 5.91 Å². The van der Waals surface area contributed by atoms with Gasteiger partial charge in [-0.2, -0.15) is 5.10 Å². The number of anilines is 1. The van der Waals surface area contributed by atoms with Gasteiger partial charge in [0.15, 0.2) is 0 Å². The summed E-state index contributed by atoms with van der Waals surface area (Å²) >= 11 is 0. The summed E-state index contributed by atoms with van der Waals surface area (Å²) in [5, 5.41) is 15.6. The van der Waals surface area contributed by atoms with Crippen molar-refractivity contribution in [3.05, 3.63) is 47.8 Å². The first-order valence-corrected chi connectivity index (χ1v) is 6.18. The molecule has 0 aliphatic rings. The number of carboxylic acid groups (broad SMARTS) is 1. The lowest BCUT2D eigenvalue weighted by atomic mass is 10.2. The largest absolute Gasteiger partial charge is 0.477 e. The average Bonchev–Trinajstić information content (AvgIpc) is 2.85. The van der Waals surface area contributed by atoms with Crippen molar-refractivity contribution in [2.75, 3.05) is 5.32 Å². The molecular weight excluding hydrogens is 258 g/mol. The van der Waals surface area contributed by atoms with E-state index in [1.165, 1.54) is 16.9 Å². The van der Waals surface area contributed by atoms with Gasteiger partial charge in [0, 0.05) is 18.3 Å². The smallest absolute Gasteiger partial charge is 0.354 e. The van der Waals surface area contributed by atoms with E-state index in [1.807, 2.05) is 31.2 Å². The van der Waals surface area contributed by atoms with Crippen molar-refractivity contribution in [3.63, 3.8) is 0 Å². The van der Waals surface area contributed by atoms with Gasteiger partial charge in [0.25, 0.3) is 0 Å². The van der Waals surface area contributed by atoms with E-state index in [0.29, 0.717) is 0 Å². The summed E-state index contributed by atoms with van der Waals surface area (Å²) in [6, 6.07) is 8.89. The second kappa shape index (κ2) is 6.01. The number of benzene rings is 1. The van der Waals surface area contributed by atoms with Crippen LogP contribution >= 0.6 is 0 Å². The van der Waals surface area contributed by atoms with E-state index in [0.717, 1.165) is 11.3 Å². The lowest BCUT2D eigenvalue weighted by Crippen LogP contribution is -2.17. The van der Waals surface area contributed by atoms with Gasteiger partial charge in [-0.25, -0.2) is 4.79 Å². The molecule has 0 unspecified atom stereocenters. The van der Waals surface area contributed by atoms with Crippen LogP contribution in [0, 0.1) is 6.92 Å². The van der Waals surface area contributed by atoms with Gasteiger partial charge in [0.05, 0.1) is 6.54 Å². The van der Waals surface area contributed by atoms with Gasteiger partial charge in [-0.15, -0.1) is 0 Å². The lowest BCUT2D eigenvalue weighted by molar-refractivity contribution is -0.116. The molecule has 1 aromatic heterocycles. The van der Waals surface area contributed by atoms with Crippen LogP contribution in [0.5, 0.6) is 0 Å². The third-order valence-corrected chi connectivity index (χ3v) is 2.79. The number of aryl methyl sites for hydroxylation is 2. The van der Waals surface area contributed by atoms with Crippen LogP contribution in [0.1, 0.15) is 22.5 Å². The van der Waals surface area contributed by atoms with E-state index in [-0.39, 0.29) is 24.6 Å². The average molecular weight is 273 g/mol. The zero-order chi connectivity index (χ0) is 14.5. The Morgan fingerprint density at radius 2 is 2.15 bits per heavy atom. The molecule has 6 nitrogen and oxygen atoms in total. The number of hydrogen-bond acceptors (Lipinski definition) is 3. The molecule has 0 spiro atoms. The fourth-order valence-electron chi connectivity index (χ4n) is 1.85. The summed E-state index contributed by atoms with van der Waals surface area (Å²) in [5.41, 5.74) is 1.87. The van der Waals surface area contributed by atoms with E-state index in [4.69, 9.17) is 5.11 Å². The van der Waals surface area contributed by atoms with E-state index < -0.39 is 5.97 Å². The van der Waals surface area contributed by atoms with Crippen LogP contribution in [0.25, 0.3) is 0 Å². The molecule has 1 heterocycles. The van der Waals surface area contributed by atoms with Crippen molar-refractivity contribution in [1.29, 1.82) is 0 Å². The summed E-state index contributed by atoms with van der Waals surface area (Å²) in [4.78, 5) is 22.7. The van der Waals surface area contributed by atoms with Crippen molar-refractivity contribution < 1.29 is 14.7 Å². The van der Waals surface area contributed by atoms with E-state index in [2.05, 4.69) is 10.4 Å². The Balaban J connectivity index is 1.92. The maximum Gasteiger partial charge on any atom is 0.354 e. The minimum absolute atomic E-state index is 0.0772. The summed E-state index contributed by atoms with van der Waals surface area (Å²) in [7, 11) is 0. The second-order valence-corrected chi connectivity index (χ2v) is 4.41. The Kier molecular flexibility index (Phi) is 4.14. The fourth-order valence-corrected chi connectivity index (χ4v) is 1.85. The molecule has 0 bridgehead atoms. The van der Waals surface area contributed by atoms with E-state index in [1.54, 1.807) is 0 Å². The third-order valence-electron chi connectivity index (χ3n) is 2.79. The van der Waals surface area contributed by atoms with Crippen LogP contribution in [-0.2, 0) is 11.3 Å². The molecule has 0 saturated carbocycles. The second-order valence-electron chi connectivity index (χ2n) is 4.41. The highest BCUT2D eigenvalue weighted by Crippen LogP contribution is 2.10. The Hall–Kier alpha value is -2.63. The Morgan fingerprint density at radius 1 is 1.35 bits per heavy atom. The Labute approximate surface area is 116 Å². The molecule has 6 heteroatoms. The predicted octanol–water partition coefficient (Wildman–Crippen LogP) is 1.92. The normalized spacial score (nSPS) is 10.2. The number of nitrogens with zero attached hydrogens (tertiary/aromatic N) is 2. The van der Waals surface area contributed by atoms with Crippen molar-refractivity contribution in [3.8, 4) is 0 Å². The molecule has 0 saturated heterocycles. The van der Waals surface area contributed by atoms with Crippen LogP contribution in [-0.4, -0.2) is 26.8 Å². The number of rotatable bonds is 5. The van der Waals surface area contributed by atoms with Crippen molar-refractivity contribution in [2.45, 2.75) is 19.9 Å². The van der Waals surface area contributed by atoms with E-state index >= 15 is 0 Å². The first-order chi connectivity index (χ1) is 9.56. The molecule has 0 aliphatic carbocycles. The monoisotopic (exact) mass is 273 g/mol. The number of carbonyl (C=O) groups is 2. The summed E-state index contributed by atoms with van der Waals surface area (Å²) in [5.74, 6) is -1.23. The molecule has 0 fully saturated rings. The van der Waals surface area contributed by atoms with Crippen LogP contribution in [0.3, 0.4) is 0 Å². The predicted molar refractivity (Wildman–Crippen MR) is 73.6 cm³/mol. The van der Waals surface area contributed by atoms with Gasteiger partial charge in [-0.3, -0.25) is 9.48 Å². The number of aromatic nitrogens is 2. The van der Waals surface area contributed by atoms with Crippen molar-refractivity contribution in [2.24, 2.45) is 0 Å². The Bertz CT molecular complexity index is 634. The standard InChI is InChI=1S/C14H15N3O3/c1-10-3-2-4-11(9-10)16-13(18)6-8-17-12(14(19)20)5-7-15-17/h2-5,7,9H,6,8H2,1H3,(H,16,18)(H,19,20). The molecule has 20 heavy (non-hydrogen) atoms. The number of nitrogens with one attached hydrogen (secondary N) is 1. The van der Waals surface area contributed by atoms with Crippen molar-refractivity contribution in [1.82, 2.24) is 9.78 Å². The topological polar surface area (TPSA) is 84.2 Å². The number of amides is 1. The summed E-state index contributed by atoms with van der Waals surface area (Å²) in [6.07, 6.45) is 1.57. The van der Waals surface area contributed by atoms with Gasteiger partial charge in [0.1, 0.15) is 5.69 Å². The molecule has 0 aliphatic heterocycles. The molecule has 1 aromatic carbocycles. The van der Waals surface area contributed by atoms with Gasteiger partial charge in [-0.05, 0) is 30.7 Å². The molecule has 2 rings (SSSR count). The quantitative estimate of drug-likeness (QED) is 0.871. The molecule has 1 amide bonds. The third kappa shape index (κ3) is 3.44. The maximum absolute atomic E-state index is 11.8. The molecule has 2 aromatic rings. The van der Waals surface area contributed by atoms with Crippen LogP contribution in [0.4, 0.5) is 5.69 Å². The number of aromatic carboxylic acids is 1. The first-order valence-electron chi connectivity index (χ1n) is 6.18. The van der Waals surface area contributed by atoms with Crippen molar-refractivity contribution >= 4 is 17.6 Å². The first kappa shape index (κ1) is 13.8. The SMILES string of the molecule is Cc1cccc(NC(=O)CCn2nccc2C(=O)O)c1. The lowest BCUT2D eigenvalue weighted by Gasteiger charge is -2.07. The van der Waals surface area contributed by atoms with Crippen LogP contribution in [0.15, 0.2) is 36.5 Å². The molecule has 0 atom stereocenters. The fraction of sp³-hybridized carbons (Fsp3) is 0.214. The number of carbonyl (C=O) groups excluding carboxylic acids is 1. The number of hydrogen-bond donors (Lipinski definition) is 2. The molecular formula is C14H15N3O3. The molecule has 104 valence electrons. The van der Waals surface area contributed by atoms with Gasteiger partial charge < -0.3 is 10.4 Å². The summed E-state index contributed by atoms with van der Waals surface area (Å²) in [6.45, 7) is 2.17. The maximum atomic E-state index is 11.8. The highest BCUT2D eigenvalue weighted by molar-refractivity contribution is 5.90. The van der Waals surface area contributed by atoms with E-state index in [9.17, 15) is 9.59 Å². The molecule has 0 radical (unpaired) electrons. The Morgan fingerprint density at radius 3 is 2.85 bits per heavy atom. The number of carboxylic acids is 1. The zero-order valence-electron chi connectivity index (χ0n) is 11.0. The summed E-state index contributed by atoms with van der Waals surface area (Å²) < 4.78 is 1.30. The molecule has 2 N–H and O–H groups in total. The van der Waals surface area contributed by atoms with Gasteiger partial charge in [-0.1, -0.05) is 12.1 Å². The van der Waals surface area contributed by atoms with Crippen LogP contribution < -0.4 is 5.32 Å².